The van der Waals surface area contributed by atoms with Crippen molar-refractivity contribution in [3.8, 4) is 23.0 Å². The predicted molar refractivity (Wildman–Crippen MR) is 176 cm³/mol. The second kappa shape index (κ2) is 15.7. The highest BCUT2D eigenvalue weighted by atomic mass is 16.6. The van der Waals surface area contributed by atoms with Crippen LogP contribution < -0.4 is 24.3 Å². The molecule has 3 aromatic rings. The molecular formula is C36H44N2O9. The number of hydrogen-bond acceptors (Lipinski definition) is 10. The molecule has 2 N–H and O–H groups in total. The zero-order chi connectivity index (χ0) is 34.0. The lowest BCUT2D eigenvalue weighted by atomic mass is 9.83. The highest BCUT2D eigenvalue weighted by molar-refractivity contribution is 6.01. The monoisotopic (exact) mass is 648 g/mol. The molecule has 1 heterocycles. The van der Waals surface area contributed by atoms with E-state index in [-0.39, 0.29) is 31.9 Å². The summed E-state index contributed by atoms with van der Waals surface area (Å²) in [5, 5.41) is 12.1. The van der Waals surface area contributed by atoms with Gasteiger partial charge in [-0.05, 0) is 86.8 Å². The molecule has 0 unspecified atom stereocenters. The molecular weight excluding hydrogens is 604 g/mol. The fraction of sp³-hybridized carbons (Fsp3) is 0.417. The number of ether oxygens (including phenoxy) is 6. The summed E-state index contributed by atoms with van der Waals surface area (Å²) in [5.41, 5.74) is -0.202. The molecule has 4 rings (SSSR count). The van der Waals surface area contributed by atoms with Gasteiger partial charge >= 0.3 is 5.97 Å². The molecule has 1 aliphatic rings. The summed E-state index contributed by atoms with van der Waals surface area (Å²) < 4.78 is 34.1. The molecule has 0 aliphatic carbocycles. The number of aliphatic hydroxyl groups is 1. The van der Waals surface area contributed by atoms with Crippen LogP contribution in [0.25, 0.3) is 0 Å². The molecule has 1 amide bonds. The molecule has 0 saturated carbocycles. The molecule has 47 heavy (non-hydrogen) atoms. The topological polar surface area (TPSA) is 134 Å². The Morgan fingerprint density at radius 3 is 2.34 bits per heavy atom. The van der Waals surface area contributed by atoms with E-state index in [0.29, 0.717) is 47.2 Å². The molecule has 0 fully saturated rings. The lowest BCUT2D eigenvalue weighted by molar-refractivity contribution is -0.155. The van der Waals surface area contributed by atoms with Crippen molar-refractivity contribution in [3.63, 3.8) is 0 Å². The molecule has 11 nitrogen and oxygen atoms in total. The zero-order valence-corrected chi connectivity index (χ0v) is 27.8. The van der Waals surface area contributed by atoms with Gasteiger partial charge in [-0.15, -0.1) is 0 Å². The Morgan fingerprint density at radius 2 is 1.68 bits per heavy atom. The molecule has 0 saturated heterocycles. The largest absolute Gasteiger partial charge is 0.497 e. The number of carbonyl (C=O) groups excluding carboxylic acids is 2. The Bertz CT molecular complexity index is 1550. The minimum atomic E-state index is -1.55. The van der Waals surface area contributed by atoms with Crippen LogP contribution in [0.15, 0.2) is 71.7 Å². The minimum absolute atomic E-state index is 0.00735. The Kier molecular flexibility index (Phi) is 11.7. The van der Waals surface area contributed by atoms with E-state index in [4.69, 9.17) is 38.5 Å². The van der Waals surface area contributed by atoms with E-state index in [1.54, 1.807) is 90.6 Å². The average Bonchev–Trinajstić information content (AvgIpc) is 3.46. The molecule has 1 aliphatic heterocycles. The highest BCUT2D eigenvalue weighted by Crippen LogP contribution is 2.44. The second-order valence-corrected chi connectivity index (χ2v) is 12.0. The van der Waals surface area contributed by atoms with Crippen molar-refractivity contribution in [1.29, 1.82) is 0 Å². The van der Waals surface area contributed by atoms with Gasteiger partial charge in [0.1, 0.15) is 17.1 Å². The Hall–Kier alpha value is -4.77. The quantitative estimate of drug-likeness (QED) is 0.169. The van der Waals surface area contributed by atoms with Crippen LogP contribution in [-0.4, -0.2) is 68.6 Å². The standard InChI is InChI=1S/C36H44N2O9/c1-35(2,3)47-31(40)17-18-36(34(41)37-23-24-11-16-29(43-5)30(21-24)44-6)32(26-9-7-10-28(22-26)42-4)46-33(38-36)25-12-14-27(15-13-25)45-20-8-19-39/h7,9-16,21-22,32,39H,8,17-20,23H2,1-6H3,(H,37,41)/t32-,36-/m1/s1. The Morgan fingerprint density at radius 1 is 0.936 bits per heavy atom. The molecule has 0 radical (unpaired) electrons. The molecule has 2 atom stereocenters. The van der Waals surface area contributed by atoms with Crippen LogP contribution in [0.3, 0.4) is 0 Å². The lowest BCUT2D eigenvalue weighted by Gasteiger charge is -2.31. The highest BCUT2D eigenvalue weighted by Gasteiger charge is 2.53. The van der Waals surface area contributed by atoms with Crippen LogP contribution in [0, 0.1) is 0 Å². The summed E-state index contributed by atoms with van der Waals surface area (Å²) in [5.74, 6) is 1.65. The number of esters is 1. The van der Waals surface area contributed by atoms with Crippen LogP contribution in [0.5, 0.6) is 23.0 Å². The van der Waals surface area contributed by atoms with Gasteiger partial charge in [-0.25, -0.2) is 4.99 Å². The lowest BCUT2D eigenvalue weighted by Crippen LogP contribution is -2.48. The maximum absolute atomic E-state index is 14.5. The third-order valence-electron chi connectivity index (χ3n) is 7.46. The number of methoxy groups -OCH3 is 3. The van der Waals surface area contributed by atoms with Crippen molar-refractivity contribution in [3.05, 3.63) is 83.4 Å². The second-order valence-electron chi connectivity index (χ2n) is 12.0. The van der Waals surface area contributed by atoms with Crippen LogP contribution >= 0.6 is 0 Å². The van der Waals surface area contributed by atoms with Gasteiger partial charge in [-0.2, -0.15) is 0 Å². The number of hydrogen-bond donors (Lipinski definition) is 2. The van der Waals surface area contributed by atoms with E-state index < -0.39 is 29.1 Å². The SMILES string of the molecule is COc1cccc([C@H]2OC(c3ccc(OCCCO)cc3)=N[C@@]2(CCC(=O)OC(C)(C)C)C(=O)NCc2ccc(OC)c(OC)c2)c1. The summed E-state index contributed by atoms with van der Waals surface area (Å²) in [6.07, 6.45) is -0.466. The molecule has 0 aromatic heterocycles. The summed E-state index contributed by atoms with van der Waals surface area (Å²) in [7, 11) is 4.66. The average molecular weight is 649 g/mol. The number of benzene rings is 3. The van der Waals surface area contributed by atoms with E-state index >= 15 is 0 Å². The first-order valence-corrected chi connectivity index (χ1v) is 15.5. The first kappa shape index (κ1) is 35.1. The number of aliphatic hydroxyl groups excluding tert-OH is 1. The van der Waals surface area contributed by atoms with Gasteiger partial charge in [0.2, 0.25) is 5.90 Å². The number of aliphatic imine (C=N–C) groups is 1. The molecule has 0 spiro atoms. The fourth-order valence-electron chi connectivity index (χ4n) is 5.19. The van der Waals surface area contributed by atoms with E-state index in [9.17, 15) is 9.59 Å². The number of carbonyl (C=O) groups is 2. The van der Waals surface area contributed by atoms with Crippen molar-refractivity contribution in [2.75, 3.05) is 34.5 Å². The van der Waals surface area contributed by atoms with Gasteiger partial charge in [0.15, 0.2) is 23.1 Å². The number of nitrogens with zero attached hydrogens (tertiary/aromatic N) is 1. The van der Waals surface area contributed by atoms with Crippen molar-refractivity contribution in [2.24, 2.45) is 4.99 Å². The van der Waals surface area contributed by atoms with Gasteiger partial charge < -0.3 is 38.8 Å². The summed E-state index contributed by atoms with van der Waals surface area (Å²) in [6.45, 7) is 5.95. The third-order valence-corrected chi connectivity index (χ3v) is 7.46. The first-order valence-electron chi connectivity index (χ1n) is 15.5. The molecule has 3 aromatic carbocycles. The zero-order valence-electron chi connectivity index (χ0n) is 27.8. The maximum Gasteiger partial charge on any atom is 0.306 e. The van der Waals surface area contributed by atoms with Crippen molar-refractivity contribution in [1.82, 2.24) is 5.32 Å². The van der Waals surface area contributed by atoms with Gasteiger partial charge in [0.25, 0.3) is 5.91 Å². The Balaban J connectivity index is 1.74. The number of nitrogens with one attached hydrogen (secondary N) is 1. The predicted octanol–water partition coefficient (Wildman–Crippen LogP) is 5.17. The summed E-state index contributed by atoms with van der Waals surface area (Å²) in [4.78, 5) is 32.4. The number of amides is 1. The summed E-state index contributed by atoms with van der Waals surface area (Å²) >= 11 is 0. The fourth-order valence-corrected chi connectivity index (χ4v) is 5.19. The van der Waals surface area contributed by atoms with Crippen molar-refractivity contribution >= 4 is 17.8 Å². The molecule has 0 bridgehead atoms. The van der Waals surface area contributed by atoms with Crippen molar-refractivity contribution in [2.45, 2.75) is 63.8 Å². The van der Waals surface area contributed by atoms with E-state index in [1.807, 2.05) is 18.2 Å². The van der Waals surface area contributed by atoms with Crippen LogP contribution in [-0.2, 0) is 25.6 Å². The van der Waals surface area contributed by atoms with Gasteiger partial charge in [0, 0.05) is 31.6 Å². The van der Waals surface area contributed by atoms with Crippen LogP contribution in [0.1, 0.15) is 62.8 Å². The number of rotatable bonds is 15. The maximum atomic E-state index is 14.5. The van der Waals surface area contributed by atoms with Crippen LogP contribution in [0.4, 0.5) is 0 Å². The molecule has 11 heteroatoms. The summed E-state index contributed by atoms with van der Waals surface area (Å²) in [6, 6.07) is 19.8. The van der Waals surface area contributed by atoms with Gasteiger partial charge in [-0.1, -0.05) is 18.2 Å². The van der Waals surface area contributed by atoms with Gasteiger partial charge in [-0.3, -0.25) is 9.59 Å². The van der Waals surface area contributed by atoms with Crippen LogP contribution in [0.2, 0.25) is 0 Å². The molecule has 252 valence electrons. The van der Waals surface area contributed by atoms with E-state index in [0.717, 1.165) is 5.56 Å². The van der Waals surface area contributed by atoms with E-state index in [1.165, 1.54) is 0 Å². The normalized spacial score (nSPS) is 17.3. The minimum Gasteiger partial charge on any atom is -0.497 e. The van der Waals surface area contributed by atoms with Gasteiger partial charge in [0.05, 0.1) is 27.9 Å². The smallest absolute Gasteiger partial charge is 0.306 e. The van der Waals surface area contributed by atoms with Crippen molar-refractivity contribution < 1.29 is 43.1 Å². The third kappa shape index (κ3) is 8.94. The van der Waals surface area contributed by atoms with E-state index in [2.05, 4.69) is 5.32 Å². The Labute approximate surface area is 275 Å². The first-order chi connectivity index (χ1) is 22.5.